The SMILES string of the molecule is CC(=O)C1=C(O)c2c(-c3ccc(Cl)cc3)ccn2C2(CCCCC2)C1=O.CC(=O)C1=C(O)c2cc(-c3ccc(Cl)cc3)cn2C2(CCCCC2)C1=O. The Labute approximate surface area is 312 Å². The number of halogens is 2. The highest BCUT2D eigenvalue weighted by atomic mass is 35.5. The molecule has 4 heterocycles. The Morgan fingerprint density at radius 1 is 0.615 bits per heavy atom. The van der Waals surface area contributed by atoms with E-state index in [1.54, 1.807) is 12.1 Å². The Bertz CT molecular complexity index is 2160. The molecule has 268 valence electrons. The van der Waals surface area contributed by atoms with Crippen molar-refractivity contribution in [3.63, 3.8) is 0 Å². The van der Waals surface area contributed by atoms with Crippen LogP contribution in [0.25, 0.3) is 33.8 Å². The highest BCUT2D eigenvalue weighted by Gasteiger charge is 2.50. The summed E-state index contributed by atoms with van der Waals surface area (Å²) in [4.78, 5) is 50.8. The van der Waals surface area contributed by atoms with E-state index in [0.29, 0.717) is 47.1 Å². The van der Waals surface area contributed by atoms with Gasteiger partial charge in [-0.15, -0.1) is 0 Å². The first-order chi connectivity index (χ1) is 24.9. The molecule has 10 heteroatoms. The summed E-state index contributed by atoms with van der Waals surface area (Å²) < 4.78 is 3.81. The summed E-state index contributed by atoms with van der Waals surface area (Å²) >= 11 is 12.0. The van der Waals surface area contributed by atoms with E-state index < -0.39 is 11.1 Å². The third-order valence-electron chi connectivity index (χ3n) is 11.3. The van der Waals surface area contributed by atoms with Crippen molar-refractivity contribution < 1.29 is 29.4 Å². The van der Waals surface area contributed by atoms with E-state index in [2.05, 4.69) is 0 Å². The van der Waals surface area contributed by atoms with Gasteiger partial charge in [0.25, 0.3) is 0 Å². The van der Waals surface area contributed by atoms with Crippen LogP contribution in [0.15, 0.2) is 84.2 Å². The van der Waals surface area contributed by atoms with Crippen LogP contribution < -0.4 is 0 Å². The number of aromatic nitrogens is 2. The molecule has 2 aliphatic carbocycles. The summed E-state index contributed by atoms with van der Waals surface area (Å²) in [5.74, 6) is -1.67. The summed E-state index contributed by atoms with van der Waals surface area (Å²) in [6, 6.07) is 18.5. The molecule has 2 N–H and O–H groups in total. The topological polar surface area (TPSA) is 119 Å². The van der Waals surface area contributed by atoms with Crippen molar-refractivity contribution in [3.8, 4) is 22.3 Å². The van der Waals surface area contributed by atoms with Crippen LogP contribution in [-0.2, 0) is 30.3 Å². The minimum absolute atomic E-state index is 0.0554. The van der Waals surface area contributed by atoms with E-state index in [0.717, 1.165) is 60.8 Å². The van der Waals surface area contributed by atoms with E-state index in [1.165, 1.54) is 13.8 Å². The number of Topliss-reactive ketones (excluding diaryl/α,β-unsaturated/α-hetero) is 4. The molecule has 2 fully saturated rings. The smallest absolute Gasteiger partial charge is 0.196 e. The maximum absolute atomic E-state index is 13.2. The largest absolute Gasteiger partial charge is 0.505 e. The average molecular weight is 740 g/mol. The van der Waals surface area contributed by atoms with Gasteiger partial charge in [0, 0.05) is 33.6 Å². The lowest BCUT2D eigenvalue weighted by molar-refractivity contribution is -0.129. The van der Waals surface area contributed by atoms with Crippen molar-refractivity contribution in [2.45, 2.75) is 89.1 Å². The number of fused-ring (bicyclic) bond motifs is 4. The number of nitrogens with zero attached hydrogens (tertiary/aromatic N) is 2. The van der Waals surface area contributed by atoms with Gasteiger partial charge >= 0.3 is 0 Å². The monoisotopic (exact) mass is 738 g/mol. The first-order valence-corrected chi connectivity index (χ1v) is 18.6. The number of hydrogen-bond donors (Lipinski definition) is 2. The van der Waals surface area contributed by atoms with Gasteiger partial charge in [0.2, 0.25) is 0 Å². The number of hydrogen-bond acceptors (Lipinski definition) is 6. The van der Waals surface area contributed by atoms with Gasteiger partial charge in [-0.1, -0.05) is 86.0 Å². The molecule has 0 radical (unpaired) electrons. The quantitative estimate of drug-likeness (QED) is 0.201. The van der Waals surface area contributed by atoms with Gasteiger partial charge in [-0.25, -0.2) is 0 Å². The number of rotatable bonds is 4. The Kier molecular flexibility index (Phi) is 9.42. The predicted molar refractivity (Wildman–Crippen MR) is 202 cm³/mol. The highest BCUT2D eigenvalue weighted by Crippen LogP contribution is 2.48. The molecule has 4 aliphatic rings. The summed E-state index contributed by atoms with van der Waals surface area (Å²) in [6.45, 7) is 2.69. The molecule has 0 saturated heterocycles. The summed E-state index contributed by atoms with van der Waals surface area (Å²) in [5, 5.41) is 22.8. The molecular formula is C42H40Cl2N2O6. The predicted octanol–water partition coefficient (Wildman–Crippen LogP) is 9.82. The first-order valence-electron chi connectivity index (χ1n) is 17.8. The van der Waals surface area contributed by atoms with E-state index in [1.807, 2.05) is 70.1 Å². The fraction of sp³-hybridized carbons (Fsp3) is 0.333. The fourth-order valence-corrected chi connectivity index (χ4v) is 8.95. The molecule has 8 nitrogen and oxygen atoms in total. The number of carbonyl (C=O) groups is 4. The summed E-state index contributed by atoms with van der Waals surface area (Å²) in [5.41, 5.74) is 3.00. The molecule has 52 heavy (non-hydrogen) atoms. The Balaban J connectivity index is 0.000000162. The Morgan fingerprint density at radius 2 is 1.08 bits per heavy atom. The third kappa shape index (κ3) is 5.77. The van der Waals surface area contributed by atoms with E-state index >= 15 is 0 Å². The van der Waals surface area contributed by atoms with Gasteiger partial charge in [-0.05, 0) is 87.1 Å². The molecule has 2 aromatic heterocycles. The summed E-state index contributed by atoms with van der Waals surface area (Å²) in [7, 11) is 0. The molecule has 2 aliphatic heterocycles. The van der Waals surface area contributed by atoms with Crippen LogP contribution in [0.4, 0.5) is 0 Å². The average Bonchev–Trinajstić information content (AvgIpc) is 3.79. The normalized spacial score (nSPS) is 18.9. The zero-order chi connectivity index (χ0) is 36.9. The highest BCUT2D eigenvalue weighted by molar-refractivity contribution is 6.31. The molecule has 8 rings (SSSR count). The number of carbonyl (C=O) groups excluding carboxylic acids is 4. The standard InChI is InChI=1S/2C21H20ClNO3/c1-13(24)17-19(25)18-16(14-5-7-15(22)8-6-14)9-12-23(18)21(20(17)26)10-3-2-4-11-21;1-13(24)18-19(25)17-11-15(14-5-7-16(22)8-6-14)12-23(17)21(20(18)26)9-3-2-4-10-21/h5-9,12,25H,2-4,10-11H2,1H3;5-8,11-12,25H,2-4,9-10H2,1H3. The van der Waals surface area contributed by atoms with Crippen LogP contribution in [0.3, 0.4) is 0 Å². The number of benzene rings is 2. The van der Waals surface area contributed by atoms with Crippen molar-refractivity contribution in [2.24, 2.45) is 0 Å². The van der Waals surface area contributed by atoms with Crippen molar-refractivity contribution in [2.75, 3.05) is 0 Å². The van der Waals surface area contributed by atoms with Crippen LogP contribution in [0.5, 0.6) is 0 Å². The van der Waals surface area contributed by atoms with E-state index in [-0.39, 0.29) is 45.8 Å². The molecule has 0 unspecified atom stereocenters. The Hall–Kier alpha value is -4.66. The maximum atomic E-state index is 13.2. The minimum atomic E-state index is -0.758. The number of ketones is 4. The third-order valence-corrected chi connectivity index (χ3v) is 11.8. The van der Waals surface area contributed by atoms with Gasteiger partial charge in [0.05, 0.1) is 11.4 Å². The molecule has 0 atom stereocenters. The zero-order valence-electron chi connectivity index (χ0n) is 29.2. The lowest BCUT2D eigenvalue weighted by Gasteiger charge is -2.41. The molecule has 2 spiro atoms. The van der Waals surface area contributed by atoms with Gasteiger partial charge in [-0.2, -0.15) is 0 Å². The van der Waals surface area contributed by atoms with Gasteiger partial charge in [0.1, 0.15) is 22.2 Å². The first kappa shape index (κ1) is 35.7. The fourth-order valence-electron chi connectivity index (χ4n) is 8.70. The van der Waals surface area contributed by atoms with Crippen molar-refractivity contribution in [1.29, 1.82) is 0 Å². The van der Waals surface area contributed by atoms with Crippen LogP contribution in [0.1, 0.15) is 89.4 Å². The lowest BCUT2D eigenvalue weighted by atomic mass is 9.73. The van der Waals surface area contributed by atoms with Crippen LogP contribution in [-0.4, -0.2) is 42.5 Å². The van der Waals surface area contributed by atoms with Crippen molar-refractivity contribution >= 4 is 57.9 Å². The molecule has 0 amide bonds. The summed E-state index contributed by atoms with van der Waals surface area (Å²) in [6.07, 6.45) is 12.5. The van der Waals surface area contributed by atoms with Gasteiger partial charge in [-0.3, -0.25) is 19.2 Å². The molecule has 0 bridgehead atoms. The minimum Gasteiger partial charge on any atom is -0.505 e. The zero-order valence-corrected chi connectivity index (χ0v) is 30.7. The second kappa shape index (κ2) is 13.7. The molecule has 4 aromatic rings. The van der Waals surface area contributed by atoms with Crippen molar-refractivity contribution in [3.05, 3.63) is 106 Å². The van der Waals surface area contributed by atoms with Crippen molar-refractivity contribution in [1.82, 2.24) is 9.13 Å². The molecular weight excluding hydrogens is 699 g/mol. The van der Waals surface area contributed by atoms with Crippen LogP contribution in [0, 0.1) is 0 Å². The maximum Gasteiger partial charge on any atom is 0.196 e. The molecule has 2 saturated carbocycles. The van der Waals surface area contributed by atoms with Crippen LogP contribution in [0.2, 0.25) is 10.0 Å². The van der Waals surface area contributed by atoms with Gasteiger partial charge < -0.3 is 19.3 Å². The lowest BCUT2D eigenvalue weighted by Crippen LogP contribution is -2.48. The Morgan fingerprint density at radius 3 is 1.58 bits per heavy atom. The number of aliphatic hydroxyl groups is 2. The van der Waals surface area contributed by atoms with E-state index in [9.17, 15) is 29.4 Å². The second-order valence-corrected chi connectivity index (χ2v) is 15.2. The van der Waals surface area contributed by atoms with E-state index in [4.69, 9.17) is 23.2 Å². The van der Waals surface area contributed by atoms with Crippen LogP contribution >= 0.6 is 23.2 Å². The number of allylic oxidation sites excluding steroid dienone is 2. The van der Waals surface area contributed by atoms with Gasteiger partial charge in [0.15, 0.2) is 34.7 Å². The second-order valence-electron chi connectivity index (χ2n) is 14.3. The number of aliphatic hydroxyl groups excluding tert-OH is 2. The molecule has 2 aromatic carbocycles.